The second kappa shape index (κ2) is 16.6. The Morgan fingerprint density at radius 3 is 2.38 bits per heavy atom. The zero-order valence-corrected chi connectivity index (χ0v) is 21.7. The lowest BCUT2D eigenvalue weighted by Gasteiger charge is -2.27. The molecule has 5 N–H and O–H groups in total. The number of hydrogen-bond donors (Lipinski definition) is 4. The summed E-state index contributed by atoms with van der Waals surface area (Å²) in [6.07, 6.45) is 2.13. The molecule has 2 aromatic rings. The standard InChI is InChI=1S/C25H40N8O4/c1-2-3-9-28-23-30-24(32-25(31-23)33-11-15-37-16-12-33)29-19-20-4-6-21(7-5-20)22(34)27-10-14-36-18-17-35-13-8-26/h4-7H,2-3,8-19,26H2,1H3,(H,27,34)(H2,28,29,30,31,32). The van der Waals surface area contributed by atoms with E-state index in [9.17, 15) is 4.79 Å². The van der Waals surface area contributed by atoms with Crippen LogP contribution in [0.15, 0.2) is 24.3 Å². The lowest BCUT2D eigenvalue weighted by atomic mass is 10.1. The predicted octanol–water partition coefficient (Wildman–Crippen LogP) is 1.25. The van der Waals surface area contributed by atoms with Gasteiger partial charge in [-0.15, -0.1) is 0 Å². The number of nitrogens with zero attached hydrogens (tertiary/aromatic N) is 4. The van der Waals surface area contributed by atoms with Gasteiger partial charge >= 0.3 is 0 Å². The minimum atomic E-state index is -0.141. The number of aromatic nitrogens is 3. The number of hydrogen-bond acceptors (Lipinski definition) is 11. The topological polar surface area (TPSA) is 149 Å². The first kappa shape index (κ1) is 28.5. The number of unbranched alkanes of at least 4 members (excludes halogenated alkanes) is 1. The molecule has 37 heavy (non-hydrogen) atoms. The molecular formula is C25H40N8O4. The molecule has 1 amide bonds. The van der Waals surface area contributed by atoms with Crippen molar-refractivity contribution >= 4 is 23.8 Å². The summed E-state index contributed by atoms with van der Waals surface area (Å²) in [4.78, 5) is 28.2. The average molecular weight is 517 g/mol. The SMILES string of the molecule is CCCCNc1nc(NCc2ccc(C(=O)NCCOCCOCCN)cc2)nc(N2CCOCC2)n1. The van der Waals surface area contributed by atoms with E-state index in [-0.39, 0.29) is 5.91 Å². The van der Waals surface area contributed by atoms with Crippen LogP contribution in [-0.2, 0) is 20.8 Å². The summed E-state index contributed by atoms with van der Waals surface area (Å²) >= 11 is 0. The van der Waals surface area contributed by atoms with E-state index in [1.54, 1.807) is 12.1 Å². The number of benzene rings is 1. The third-order valence-electron chi connectivity index (χ3n) is 5.56. The summed E-state index contributed by atoms with van der Waals surface area (Å²) < 4.78 is 16.1. The van der Waals surface area contributed by atoms with Crippen LogP contribution in [0.25, 0.3) is 0 Å². The fourth-order valence-electron chi connectivity index (χ4n) is 3.50. The average Bonchev–Trinajstić information content (AvgIpc) is 2.94. The van der Waals surface area contributed by atoms with E-state index in [1.807, 2.05) is 12.1 Å². The van der Waals surface area contributed by atoms with Crippen LogP contribution in [0, 0.1) is 0 Å². The molecule has 1 aliphatic rings. The first-order valence-corrected chi connectivity index (χ1v) is 13.0. The van der Waals surface area contributed by atoms with Gasteiger partial charge in [0.15, 0.2) is 0 Å². The molecule has 1 saturated heterocycles. The molecule has 12 heteroatoms. The predicted molar refractivity (Wildman–Crippen MR) is 143 cm³/mol. The van der Waals surface area contributed by atoms with Gasteiger partial charge in [0, 0.05) is 44.8 Å². The van der Waals surface area contributed by atoms with Crippen LogP contribution >= 0.6 is 0 Å². The summed E-state index contributed by atoms with van der Waals surface area (Å²) in [5.74, 6) is 1.56. The lowest BCUT2D eigenvalue weighted by Crippen LogP contribution is -2.37. The summed E-state index contributed by atoms with van der Waals surface area (Å²) in [7, 11) is 0. The molecule has 12 nitrogen and oxygen atoms in total. The molecule has 0 spiro atoms. The van der Waals surface area contributed by atoms with Crippen molar-refractivity contribution in [2.24, 2.45) is 5.73 Å². The minimum absolute atomic E-state index is 0.141. The zero-order chi connectivity index (χ0) is 26.1. The van der Waals surface area contributed by atoms with Crippen molar-refractivity contribution in [2.75, 3.05) is 87.9 Å². The highest BCUT2D eigenvalue weighted by molar-refractivity contribution is 5.94. The van der Waals surface area contributed by atoms with E-state index >= 15 is 0 Å². The molecule has 1 aromatic heterocycles. The molecule has 1 fully saturated rings. The number of rotatable bonds is 17. The number of anilines is 3. The molecule has 3 rings (SSSR count). The van der Waals surface area contributed by atoms with Crippen LogP contribution in [0.1, 0.15) is 35.7 Å². The van der Waals surface area contributed by atoms with Gasteiger partial charge in [-0.25, -0.2) is 0 Å². The molecular weight excluding hydrogens is 476 g/mol. The van der Waals surface area contributed by atoms with Crippen molar-refractivity contribution in [2.45, 2.75) is 26.3 Å². The van der Waals surface area contributed by atoms with E-state index in [4.69, 9.17) is 19.9 Å². The molecule has 0 bridgehead atoms. The monoisotopic (exact) mass is 516 g/mol. The van der Waals surface area contributed by atoms with Crippen LogP contribution in [0.4, 0.5) is 17.8 Å². The van der Waals surface area contributed by atoms with Gasteiger partial charge in [0.2, 0.25) is 17.8 Å². The van der Waals surface area contributed by atoms with Crippen molar-refractivity contribution in [1.82, 2.24) is 20.3 Å². The fraction of sp³-hybridized carbons (Fsp3) is 0.600. The molecule has 204 valence electrons. The summed E-state index contributed by atoms with van der Waals surface area (Å²) in [6, 6.07) is 7.44. The van der Waals surface area contributed by atoms with Crippen molar-refractivity contribution < 1.29 is 19.0 Å². The Balaban J connectivity index is 1.48. The summed E-state index contributed by atoms with van der Waals surface area (Å²) in [5, 5.41) is 9.44. The zero-order valence-electron chi connectivity index (χ0n) is 21.7. The van der Waals surface area contributed by atoms with E-state index in [0.29, 0.717) is 82.7 Å². The van der Waals surface area contributed by atoms with E-state index in [2.05, 4.69) is 42.7 Å². The number of nitrogens with one attached hydrogen (secondary N) is 3. The van der Waals surface area contributed by atoms with E-state index in [0.717, 1.165) is 38.0 Å². The van der Waals surface area contributed by atoms with Gasteiger partial charge in [-0.1, -0.05) is 25.5 Å². The largest absolute Gasteiger partial charge is 0.378 e. The van der Waals surface area contributed by atoms with Crippen molar-refractivity contribution in [3.05, 3.63) is 35.4 Å². The normalized spacial score (nSPS) is 13.4. The summed E-state index contributed by atoms with van der Waals surface area (Å²) in [5.41, 5.74) is 6.95. The van der Waals surface area contributed by atoms with Crippen LogP contribution in [-0.4, -0.2) is 93.2 Å². The molecule has 2 heterocycles. The van der Waals surface area contributed by atoms with Gasteiger partial charge in [-0.3, -0.25) is 4.79 Å². The van der Waals surface area contributed by atoms with Gasteiger partial charge in [-0.2, -0.15) is 15.0 Å². The van der Waals surface area contributed by atoms with E-state index in [1.165, 1.54) is 0 Å². The third kappa shape index (κ3) is 10.4. The first-order valence-electron chi connectivity index (χ1n) is 13.0. The number of carbonyl (C=O) groups is 1. The fourth-order valence-corrected chi connectivity index (χ4v) is 3.50. The number of morpholine rings is 1. The second-order valence-electron chi connectivity index (χ2n) is 8.48. The van der Waals surface area contributed by atoms with Gasteiger partial charge in [0.25, 0.3) is 5.91 Å². The Morgan fingerprint density at radius 1 is 0.973 bits per heavy atom. The van der Waals surface area contributed by atoms with Crippen LogP contribution < -0.4 is 26.6 Å². The number of ether oxygens (including phenoxy) is 3. The molecule has 0 atom stereocenters. The smallest absolute Gasteiger partial charge is 0.251 e. The van der Waals surface area contributed by atoms with Crippen molar-refractivity contribution in [3.8, 4) is 0 Å². The first-order chi connectivity index (χ1) is 18.2. The maximum absolute atomic E-state index is 12.4. The third-order valence-corrected chi connectivity index (χ3v) is 5.56. The van der Waals surface area contributed by atoms with Gasteiger partial charge in [0.05, 0.1) is 39.6 Å². The number of nitrogens with two attached hydrogens (primary N) is 1. The van der Waals surface area contributed by atoms with Crippen LogP contribution in [0.5, 0.6) is 0 Å². The quantitative estimate of drug-likeness (QED) is 0.225. The Morgan fingerprint density at radius 2 is 1.68 bits per heavy atom. The van der Waals surface area contributed by atoms with Crippen molar-refractivity contribution in [3.63, 3.8) is 0 Å². The number of carbonyl (C=O) groups excluding carboxylic acids is 1. The minimum Gasteiger partial charge on any atom is -0.378 e. The maximum atomic E-state index is 12.4. The Hall–Kier alpha value is -3.06. The molecule has 0 saturated carbocycles. The Bertz CT molecular complexity index is 925. The molecule has 0 aliphatic carbocycles. The molecule has 0 radical (unpaired) electrons. The highest BCUT2D eigenvalue weighted by Crippen LogP contribution is 2.16. The second-order valence-corrected chi connectivity index (χ2v) is 8.48. The molecule has 0 unspecified atom stereocenters. The van der Waals surface area contributed by atoms with E-state index < -0.39 is 0 Å². The van der Waals surface area contributed by atoms with Gasteiger partial charge < -0.3 is 40.8 Å². The Kier molecular flexibility index (Phi) is 12.8. The summed E-state index contributed by atoms with van der Waals surface area (Å²) in [6.45, 7) is 9.12. The lowest BCUT2D eigenvalue weighted by molar-refractivity contribution is 0.0511. The van der Waals surface area contributed by atoms with Gasteiger partial charge in [-0.05, 0) is 24.1 Å². The molecule has 1 aliphatic heterocycles. The Labute approximate surface area is 218 Å². The highest BCUT2D eigenvalue weighted by atomic mass is 16.5. The number of amides is 1. The molecule has 1 aromatic carbocycles. The maximum Gasteiger partial charge on any atom is 0.251 e. The highest BCUT2D eigenvalue weighted by Gasteiger charge is 2.16. The van der Waals surface area contributed by atoms with Crippen LogP contribution in [0.2, 0.25) is 0 Å². The van der Waals surface area contributed by atoms with Crippen molar-refractivity contribution in [1.29, 1.82) is 0 Å². The van der Waals surface area contributed by atoms with Crippen LogP contribution in [0.3, 0.4) is 0 Å². The van der Waals surface area contributed by atoms with Gasteiger partial charge in [0.1, 0.15) is 0 Å².